The van der Waals surface area contributed by atoms with Crippen molar-refractivity contribution in [2.45, 2.75) is 52.4 Å². The van der Waals surface area contributed by atoms with E-state index in [-0.39, 0.29) is 17.6 Å². The van der Waals surface area contributed by atoms with E-state index in [2.05, 4.69) is 56.2 Å². The van der Waals surface area contributed by atoms with E-state index < -0.39 is 5.76 Å². The van der Waals surface area contributed by atoms with Gasteiger partial charge in [-0.2, -0.15) is 0 Å². The zero-order valence-electron chi connectivity index (χ0n) is 17.3. The molecular weight excluding hydrogens is 348 g/mol. The molecule has 0 aliphatic carbocycles. The van der Waals surface area contributed by atoms with Gasteiger partial charge >= 0.3 is 5.76 Å². The molecule has 1 aromatic heterocycles. The van der Waals surface area contributed by atoms with Crippen molar-refractivity contribution in [3.05, 3.63) is 33.8 Å². The predicted octanol–water partition coefficient (Wildman–Crippen LogP) is 3.62. The highest BCUT2D eigenvalue weighted by molar-refractivity contribution is 5.63. The number of rotatable bonds is 7. The minimum Gasteiger partial charge on any atom is -0.467 e. The first kappa shape index (κ1) is 21.2. The Labute approximate surface area is 160 Å². The van der Waals surface area contributed by atoms with Crippen LogP contribution < -0.4 is 10.5 Å². The fourth-order valence-electron chi connectivity index (χ4n) is 2.69. The second-order valence-electron chi connectivity index (χ2n) is 8.51. The van der Waals surface area contributed by atoms with Gasteiger partial charge in [-0.25, -0.2) is 4.79 Å². The Bertz CT molecular complexity index is 774. The Hall–Kier alpha value is -2.12. The van der Waals surface area contributed by atoms with E-state index in [9.17, 15) is 4.79 Å². The maximum Gasteiger partial charge on any atom is 0.439 e. The molecule has 27 heavy (non-hydrogen) atoms. The number of benzene rings is 1. The van der Waals surface area contributed by atoms with Crippen LogP contribution in [0.15, 0.2) is 21.5 Å². The van der Waals surface area contributed by atoms with Crippen LogP contribution in [0.4, 0.5) is 0 Å². The van der Waals surface area contributed by atoms with Gasteiger partial charge in [0.05, 0.1) is 13.2 Å². The maximum atomic E-state index is 11.4. The summed E-state index contributed by atoms with van der Waals surface area (Å²) in [5.41, 5.74) is 2.40. The normalized spacial score (nSPS) is 12.4. The van der Waals surface area contributed by atoms with Crippen molar-refractivity contribution in [2.75, 3.05) is 27.1 Å². The molecule has 0 aliphatic rings. The molecule has 7 heteroatoms. The van der Waals surface area contributed by atoms with Crippen LogP contribution in [0, 0.1) is 0 Å². The molecule has 2 aromatic rings. The summed E-state index contributed by atoms with van der Waals surface area (Å²) in [4.78, 5) is 14.0. The lowest BCUT2D eigenvalue weighted by atomic mass is 9.78. The number of hydrogen-bond donors (Lipinski definition) is 1. The van der Waals surface area contributed by atoms with Crippen LogP contribution in [0.1, 0.15) is 52.7 Å². The van der Waals surface area contributed by atoms with Crippen molar-refractivity contribution >= 4 is 0 Å². The average Bonchev–Trinajstić information content (AvgIpc) is 2.99. The average molecular weight is 378 g/mol. The number of H-pyrrole nitrogens is 1. The molecular formula is C20H30N2O5. The summed E-state index contributed by atoms with van der Waals surface area (Å²) in [5.74, 6) is 0.618. The SMILES string of the molecule is COCCOCOc1c(C(C)(C)C)cc(-c2noc(=O)[nH]2)cc1C(C)(C)C. The Morgan fingerprint density at radius 1 is 1.04 bits per heavy atom. The van der Waals surface area contributed by atoms with Gasteiger partial charge in [-0.1, -0.05) is 46.7 Å². The molecule has 0 unspecified atom stereocenters. The van der Waals surface area contributed by atoms with E-state index in [1.165, 1.54) is 0 Å². The van der Waals surface area contributed by atoms with Gasteiger partial charge in [0.25, 0.3) is 0 Å². The lowest BCUT2D eigenvalue weighted by Crippen LogP contribution is -2.21. The molecule has 0 aliphatic heterocycles. The second kappa shape index (κ2) is 8.27. The lowest BCUT2D eigenvalue weighted by Gasteiger charge is -2.30. The van der Waals surface area contributed by atoms with E-state index in [1.54, 1.807) is 7.11 Å². The lowest BCUT2D eigenvalue weighted by molar-refractivity contribution is -0.00991. The molecule has 0 amide bonds. The van der Waals surface area contributed by atoms with E-state index in [4.69, 9.17) is 14.2 Å². The van der Waals surface area contributed by atoms with Crippen LogP contribution in [0.5, 0.6) is 5.75 Å². The molecule has 7 nitrogen and oxygen atoms in total. The number of methoxy groups -OCH3 is 1. The summed E-state index contributed by atoms with van der Waals surface area (Å²) in [7, 11) is 1.63. The quantitative estimate of drug-likeness (QED) is 0.585. The fraction of sp³-hybridized carbons (Fsp3) is 0.600. The summed E-state index contributed by atoms with van der Waals surface area (Å²) in [5, 5.41) is 3.84. The summed E-state index contributed by atoms with van der Waals surface area (Å²) < 4.78 is 21.2. The molecule has 0 spiro atoms. The molecule has 0 fully saturated rings. The fourth-order valence-corrected chi connectivity index (χ4v) is 2.69. The Balaban J connectivity index is 2.53. The Kier molecular flexibility index (Phi) is 6.49. The van der Waals surface area contributed by atoms with Gasteiger partial charge in [-0.05, 0) is 23.0 Å². The zero-order valence-corrected chi connectivity index (χ0v) is 17.3. The minimum atomic E-state index is -0.577. The van der Waals surface area contributed by atoms with Crippen LogP contribution in [0.25, 0.3) is 11.4 Å². The summed E-state index contributed by atoms with van der Waals surface area (Å²) in [6.45, 7) is 13.8. The highest BCUT2D eigenvalue weighted by atomic mass is 16.7. The highest BCUT2D eigenvalue weighted by Crippen LogP contribution is 2.42. The third kappa shape index (κ3) is 5.43. The summed E-state index contributed by atoms with van der Waals surface area (Å²) >= 11 is 0. The standard InChI is InChI=1S/C20H30N2O5/c1-19(2,3)14-10-13(17-21-18(23)27-22-17)11-15(20(4,5)6)16(14)26-12-25-9-8-24-7/h10-11H,8-9,12H2,1-7H3,(H,21,22,23). The second-order valence-corrected chi connectivity index (χ2v) is 8.51. The monoisotopic (exact) mass is 378 g/mol. The van der Waals surface area contributed by atoms with Gasteiger partial charge in [-0.3, -0.25) is 9.51 Å². The molecule has 0 bridgehead atoms. The first-order valence-corrected chi connectivity index (χ1v) is 8.99. The molecule has 0 saturated heterocycles. The molecule has 1 aromatic carbocycles. The number of aromatic amines is 1. The molecule has 150 valence electrons. The van der Waals surface area contributed by atoms with Crippen molar-refractivity contribution in [2.24, 2.45) is 0 Å². The van der Waals surface area contributed by atoms with E-state index in [0.717, 1.165) is 22.4 Å². The smallest absolute Gasteiger partial charge is 0.439 e. The molecule has 2 rings (SSSR count). The van der Waals surface area contributed by atoms with Gasteiger partial charge in [0.15, 0.2) is 12.6 Å². The molecule has 0 atom stereocenters. The third-order valence-corrected chi connectivity index (χ3v) is 4.14. The molecule has 1 N–H and O–H groups in total. The molecule has 0 saturated carbocycles. The highest BCUT2D eigenvalue weighted by Gasteiger charge is 2.29. The molecule has 0 radical (unpaired) electrons. The largest absolute Gasteiger partial charge is 0.467 e. The van der Waals surface area contributed by atoms with Crippen molar-refractivity contribution in [1.82, 2.24) is 10.1 Å². The number of ether oxygens (including phenoxy) is 3. The van der Waals surface area contributed by atoms with Crippen molar-refractivity contribution < 1.29 is 18.7 Å². The topological polar surface area (TPSA) is 86.6 Å². The van der Waals surface area contributed by atoms with Crippen LogP contribution in [-0.4, -0.2) is 37.3 Å². The first-order chi connectivity index (χ1) is 12.5. The van der Waals surface area contributed by atoms with Gasteiger partial charge in [0.1, 0.15) is 5.75 Å². The van der Waals surface area contributed by atoms with Crippen molar-refractivity contribution in [1.29, 1.82) is 0 Å². The number of hydrogen-bond acceptors (Lipinski definition) is 6. The van der Waals surface area contributed by atoms with Crippen LogP contribution in [0.2, 0.25) is 0 Å². The minimum absolute atomic E-state index is 0.135. The van der Waals surface area contributed by atoms with Crippen LogP contribution in [-0.2, 0) is 20.3 Å². The number of aromatic nitrogens is 2. The summed E-state index contributed by atoms with van der Waals surface area (Å²) in [6, 6.07) is 3.96. The van der Waals surface area contributed by atoms with Crippen molar-refractivity contribution in [3.8, 4) is 17.1 Å². The predicted molar refractivity (Wildman–Crippen MR) is 103 cm³/mol. The van der Waals surface area contributed by atoms with E-state index in [0.29, 0.717) is 19.0 Å². The summed E-state index contributed by atoms with van der Waals surface area (Å²) in [6.07, 6.45) is 0. The molecule has 1 heterocycles. The Morgan fingerprint density at radius 2 is 1.63 bits per heavy atom. The number of nitrogens with zero attached hydrogens (tertiary/aromatic N) is 1. The van der Waals surface area contributed by atoms with Gasteiger partial charge in [-0.15, -0.1) is 0 Å². The van der Waals surface area contributed by atoms with Crippen LogP contribution >= 0.6 is 0 Å². The van der Waals surface area contributed by atoms with Gasteiger partial charge < -0.3 is 14.2 Å². The first-order valence-electron chi connectivity index (χ1n) is 8.99. The Morgan fingerprint density at radius 3 is 2.07 bits per heavy atom. The van der Waals surface area contributed by atoms with E-state index in [1.807, 2.05) is 12.1 Å². The van der Waals surface area contributed by atoms with Gasteiger partial charge in [0, 0.05) is 23.8 Å². The van der Waals surface area contributed by atoms with E-state index >= 15 is 0 Å². The van der Waals surface area contributed by atoms with Gasteiger partial charge in [0.2, 0.25) is 0 Å². The zero-order chi connectivity index (χ0) is 20.2. The van der Waals surface area contributed by atoms with Crippen LogP contribution in [0.3, 0.4) is 0 Å². The van der Waals surface area contributed by atoms with Crippen molar-refractivity contribution in [3.63, 3.8) is 0 Å². The third-order valence-electron chi connectivity index (χ3n) is 4.14. The maximum absolute atomic E-state index is 11.4. The number of nitrogens with one attached hydrogen (secondary N) is 1.